The SMILES string of the molecule is COc1cc2nc(C)c(N)nc2cc1OCCCN1CCCC1. The topological polar surface area (TPSA) is 73.5 Å². The fourth-order valence-corrected chi connectivity index (χ4v) is 2.92. The first kappa shape index (κ1) is 15.8. The van der Waals surface area contributed by atoms with Crippen molar-refractivity contribution in [2.75, 3.05) is 39.1 Å². The van der Waals surface area contributed by atoms with Crippen molar-refractivity contribution in [3.05, 3.63) is 17.8 Å². The van der Waals surface area contributed by atoms with Gasteiger partial charge in [0.05, 0.1) is 30.4 Å². The van der Waals surface area contributed by atoms with Gasteiger partial charge in [-0.1, -0.05) is 0 Å². The molecule has 1 aromatic heterocycles. The number of nitrogen functional groups attached to an aromatic ring is 1. The molecule has 23 heavy (non-hydrogen) atoms. The molecule has 1 fully saturated rings. The van der Waals surface area contributed by atoms with Gasteiger partial charge in [0.25, 0.3) is 0 Å². The summed E-state index contributed by atoms with van der Waals surface area (Å²) in [5.41, 5.74) is 8.06. The van der Waals surface area contributed by atoms with Gasteiger partial charge in [-0.3, -0.25) is 0 Å². The lowest BCUT2D eigenvalue weighted by Crippen LogP contribution is -2.21. The third-order valence-electron chi connectivity index (χ3n) is 4.24. The molecule has 0 saturated carbocycles. The van der Waals surface area contributed by atoms with Crippen molar-refractivity contribution in [3.8, 4) is 11.5 Å². The van der Waals surface area contributed by atoms with Crippen LogP contribution in [0.4, 0.5) is 5.82 Å². The molecule has 1 aromatic carbocycles. The number of anilines is 1. The van der Waals surface area contributed by atoms with Gasteiger partial charge in [0.2, 0.25) is 0 Å². The van der Waals surface area contributed by atoms with E-state index in [-0.39, 0.29) is 0 Å². The third kappa shape index (κ3) is 3.64. The Morgan fingerprint density at radius 3 is 2.57 bits per heavy atom. The number of benzene rings is 1. The molecule has 1 aliphatic heterocycles. The van der Waals surface area contributed by atoms with Crippen LogP contribution in [0.2, 0.25) is 0 Å². The van der Waals surface area contributed by atoms with E-state index in [1.165, 1.54) is 25.9 Å². The van der Waals surface area contributed by atoms with E-state index in [1.807, 2.05) is 19.1 Å². The molecular weight excluding hydrogens is 292 g/mol. The van der Waals surface area contributed by atoms with Gasteiger partial charge >= 0.3 is 0 Å². The van der Waals surface area contributed by atoms with E-state index in [2.05, 4.69) is 14.9 Å². The van der Waals surface area contributed by atoms with Crippen LogP contribution in [0.25, 0.3) is 11.0 Å². The molecular formula is C17H24N4O2. The van der Waals surface area contributed by atoms with E-state index in [0.29, 0.717) is 23.9 Å². The van der Waals surface area contributed by atoms with Crippen molar-refractivity contribution < 1.29 is 9.47 Å². The highest BCUT2D eigenvalue weighted by atomic mass is 16.5. The maximum Gasteiger partial charge on any atom is 0.163 e. The lowest BCUT2D eigenvalue weighted by Gasteiger charge is -2.15. The number of fused-ring (bicyclic) bond motifs is 1. The summed E-state index contributed by atoms with van der Waals surface area (Å²) >= 11 is 0. The molecule has 124 valence electrons. The zero-order chi connectivity index (χ0) is 16.2. The summed E-state index contributed by atoms with van der Waals surface area (Å²) in [6.45, 7) is 6.02. The highest BCUT2D eigenvalue weighted by Gasteiger charge is 2.12. The summed E-state index contributed by atoms with van der Waals surface area (Å²) in [6.07, 6.45) is 3.64. The summed E-state index contributed by atoms with van der Waals surface area (Å²) in [5, 5.41) is 0. The monoisotopic (exact) mass is 316 g/mol. The van der Waals surface area contributed by atoms with E-state index < -0.39 is 0 Å². The molecule has 0 amide bonds. The number of aryl methyl sites for hydroxylation is 1. The zero-order valence-corrected chi connectivity index (χ0v) is 13.8. The largest absolute Gasteiger partial charge is 0.493 e. The second-order valence-electron chi connectivity index (χ2n) is 5.94. The minimum Gasteiger partial charge on any atom is -0.493 e. The molecule has 3 rings (SSSR count). The zero-order valence-electron chi connectivity index (χ0n) is 13.8. The molecule has 2 N–H and O–H groups in total. The van der Waals surface area contributed by atoms with Gasteiger partial charge in [0.15, 0.2) is 11.5 Å². The number of likely N-dealkylation sites (tertiary alicyclic amines) is 1. The third-order valence-corrected chi connectivity index (χ3v) is 4.24. The average molecular weight is 316 g/mol. The highest BCUT2D eigenvalue weighted by molar-refractivity contribution is 5.80. The summed E-state index contributed by atoms with van der Waals surface area (Å²) in [4.78, 5) is 11.3. The predicted octanol–water partition coefficient (Wildman–Crippen LogP) is 2.39. The van der Waals surface area contributed by atoms with Gasteiger partial charge in [0, 0.05) is 18.7 Å². The predicted molar refractivity (Wildman–Crippen MR) is 91.0 cm³/mol. The lowest BCUT2D eigenvalue weighted by molar-refractivity contribution is 0.254. The van der Waals surface area contributed by atoms with Crippen LogP contribution in [0.1, 0.15) is 25.0 Å². The van der Waals surface area contributed by atoms with Crippen molar-refractivity contribution in [1.82, 2.24) is 14.9 Å². The number of nitrogens with zero attached hydrogens (tertiary/aromatic N) is 3. The van der Waals surface area contributed by atoms with Crippen molar-refractivity contribution in [2.24, 2.45) is 0 Å². The normalized spacial score (nSPS) is 15.2. The standard InChI is InChI=1S/C17H24N4O2/c1-12-17(18)20-14-11-16(15(22-2)10-13(14)19-12)23-9-5-8-21-6-3-4-7-21/h10-11H,3-9H2,1-2H3,(H2,18,20). The van der Waals surface area contributed by atoms with Crippen LogP contribution in [-0.2, 0) is 0 Å². The maximum absolute atomic E-state index is 5.91. The Hall–Kier alpha value is -2.08. The first-order chi connectivity index (χ1) is 11.2. The number of nitrogens with two attached hydrogens (primary N) is 1. The molecule has 2 heterocycles. The molecule has 0 bridgehead atoms. The minimum absolute atomic E-state index is 0.447. The molecule has 6 heteroatoms. The Balaban J connectivity index is 1.69. The minimum atomic E-state index is 0.447. The summed E-state index contributed by atoms with van der Waals surface area (Å²) in [5.74, 6) is 1.82. The van der Waals surface area contributed by atoms with Crippen molar-refractivity contribution >= 4 is 16.9 Å². The van der Waals surface area contributed by atoms with Crippen molar-refractivity contribution in [2.45, 2.75) is 26.2 Å². The highest BCUT2D eigenvalue weighted by Crippen LogP contribution is 2.31. The summed E-state index contributed by atoms with van der Waals surface area (Å²) in [6, 6.07) is 3.71. The van der Waals surface area contributed by atoms with Crippen LogP contribution in [-0.4, -0.2) is 48.2 Å². The number of methoxy groups -OCH3 is 1. The van der Waals surface area contributed by atoms with Crippen LogP contribution in [0, 0.1) is 6.92 Å². The second kappa shape index (κ2) is 7.00. The number of aromatic nitrogens is 2. The quantitative estimate of drug-likeness (QED) is 0.825. The molecule has 6 nitrogen and oxygen atoms in total. The Labute approximate surface area is 136 Å². The summed E-state index contributed by atoms with van der Waals surface area (Å²) < 4.78 is 11.3. The smallest absolute Gasteiger partial charge is 0.163 e. The van der Waals surface area contributed by atoms with Crippen molar-refractivity contribution in [3.63, 3.8) is 0 Å². The Bertz CT molecular complexity index is 684. The lowest BCUT2D eigenvalue weighted by atomic mass is 10.2. The number of hydrogen-bond acceptors (Lipinski definition) is 6. The van der Waals surface area contributed by atoms with Gasteiger partial charge < -0.3 is 20.1 Å². The molecule has 1 saturated heterocycles. The first-order valence-electron chi connectivity index (χ1n) is 8.14. The molecule has 1 aliphatic rings. The molecule has 0 radical (unpaired) electrons. The van der Waals surface area contributed by atoms with E-state index in [9.17, 15) is 0 Å². The van der Waals surface area contributed by atoms with Crippen molar-refractivity contribution in [1.29, 1.82) is 0 Å². The molecule has 0 unspecified atom stereocenters. The van der Waals surface area contributed by atoms with E-state index in [1.54, 1.807) is 7.11 Å². The van der Waals surface area contributed by atoms with Crippen LogP contribution in [0.3, 0.4) is 0 Å². The van der Waals surface area contributed by atoms with Gasteiger partial charge in [-0.05, 0) is 39.3 Å². The van der Waals surface area contributed by atoms with Gasteiger partial charge in [-0.25, -0.2) is 9.97 Å². The fourth-order valence-electron chi connectivity index (χ4n) is 2.92. The number of hydrogen-bond donors (Lipinski definition) is 1. The number of ether oxygens (including phenoxy) is 2. The fraction of sp³-hybridized carbons (Fsp3) is 0.529. The van der Waals surface area contributed by atoms with E-state index in [0.717, 1.165) is 29.7 Å². The van der Waals surface area contributed by atoms with Gasteiger partial charge in [-0.2, -0.15) is 0 Å². The van der Waals surface area contributed by atoms with Gasteiger partial charge in [0.1, 0.15) is 5.82 Å². The molecule has 2 aromatic rings. The maximum atomic E-state index is 5.91. The van der Waals surface area contributed by atoms with Crippen LogP contribution in [0.15, 0.2) is 12.1 Å². The van der Waals surface area contributed by atoms with E-state index in [4.69, 9.17) is 15.2 Å². The second-order valence-corrected chi connectivity index (χ2v) is 5.94. The molecule has 0 spiro atoms. The average Bonchev–Trinajstić information content (AvgIpc) is 3.05. The molecule has 0 atom stereocenters. The molecule has 0 aliphatic carbocycles. The van der Waals surface area contributed by atoms with Crippen LogP contribution in [0.5, 0.6) is 11.5 Å². The Morgan fingerprint density at radius 2 is 1.83 bits per heavy atom. The van der Waals surface area contributed by atoms with Crippen LogP contribution >= 0.6 is 0 Å². The number of rotatable bonds is 6. The Morgan fingerprint density at radius 1 is 1.13 bits per heavy atom. The van der Waals surface area contributed by atoms with E-state index >= 15 is 0 Å². The Kier molecular flexibility index (Phi) is 4.81. The summed E-state index contributed by atoms with van der Waals surface area (Å²) in [7, 11) is 1.63. The first-order valence-corrected chi connectivity index (χ1v) is 8.14. The van der Waals surface area contributed by atoms with Crippen LogP contribution < -0.4 is 15.2 Å². The van der Waals surface area contributed by atoms with Gasteiger partial charge in [-0.15, -0.1) is 0 Å².